The molecule has 24 heavy (non-hydrogen) atoms. The number of halogens is 4. The van der Waals surface area contributed by atoms with Gasteiger partial charge in [0.2, 0.25) is 0 Å². The van der Waals surface area contributed by atoms with Crippen LogP contribution in [0.5, 0.6) is 0 Å². The van der Waals surface area contributed by atoms with E-state index in [2.05, 4.69) is 0 Å². The van der Waals surface area contributed by atoms with E-state index in [1.165, 1.54) is 29.2 Å². The third-order valence-corrected chi connectivity index (χ3v) is 4.33. The van der Waals surface area contributed by atoms with Gasteiger partial charge in [-0.2, -0.15) is 0 Å². The molecule has 1 fully saturated rings. The highest BCUT2D eigenvalue weighted by Gasteiger charge is 2.26. The van der Waals surface area contributed by atoms with E-state index in [-0.39, 0.29) is 10.6 Å². The number of hydrogen-bond acceptors (Lipinski definition) is 2. The van der Waals surface area contributed by atoms with Crippen LogP contribution in [0.25, 0.3) is 0 Å². The van der Waals surface area contributed by atoms with E-state index in [9.17, 15) is 18.0 Å². The zero-order valence-corrected chi connectivity index (χ0v) is 13.4. The zero-order valence-electron chi connectivity index (χ0n) is 12.6. The first kappa shape index (κ1) is 16.6. The summed E-state index contributed by atoms with van der Waals surface area (Å²) < 4.78 is 40.2. The van der Waals surface area contributed by atoms with Crippen LogP contribution in [0.15, 0.2) is 36.4 Å². The molecule has 1 amide bonds. The monoisotopic (exact) mass is 354 g/mol. The minimum absolute atomic E-state index is 0.0723. The second kappa shape index (κ2) is 6.73. The summed E-state index contributed by atoms with van der Waals surface area (Å²) in [7, 11) is 0. The first-order chi connectivity index (χ1) is 11.5. The van der Waals surface area contributed by atoms with Gasteiger partial charge in [0, 0.05) is 37.9 Å². The van der Waals surface area contributed by atoms with Gasteiger partial charge in [-0.1, -0.05) is 17.7 Å². The van der Waals surface area contributed by atoms with E-state index in [1.807, 2.05) is 4.90 Å². The van der Waals surface area contributed by atoms with Crippen LogP contribution in [-0.2, 0) is 0 Å². The summed E-state index contributed by atoms with van der Waals surface area (Å²) in [6, 6.07) is 7.78. The number of amides is 1. The van der Waals surface area contributed by atoms with Gasteiger partial charge in [-0.25, -0.2) is 13.2 Å². The van der Waals surface area contributed by atoms with Gasteiger partial charge >= 0.3 is 0 Å². The van der Waals surface area contributed by atoms with Crippen LogP contribution in [0.4, 0.5) is 18.9 Å². The van der Waals surface area contributed by atoms with Crippen molar-refractivity contribution in [2.45, 2.75) is 0 Å². The van der Waals surface area contributed by atoms with E-state index in [1.54, 1.807) is 0 Å². The number of nitrogens with zero attached hydrogens (tertiary/aromatic N) is 2. The Morgan fingerprint density at radius 1 is 0.917 bits per heavy atom. The molecule has 2 aromatic carbocycles. The van der Waals surface area contributed by atoms with E-state index in [0.29, 0.717) is 31.9 Å². The third kappa shape index (κ3) is 3.19. The number of benzene rings is 2. The Labute approximate surface area is 142 Å². The number of carbonyl (C=O) groups excluding carboxylic acids is 1. The third-order valence-electron chi connectivity index (χ3n) is 4.01. The molecule has 7 heteroatoms. The summed E-state index contributed by atoms with van der Waals surface area (Å²) in [5.41, 5.74) is 0.408. The van der Waals surface area contributed by atoms with E-state index < -0.39 is 23.4 Å². The second-order valence-corrected chi connectivity index (χ2v) is 5.88. The normalized spacial score (nSPS) is 14.8. The van der Waals surface area contributed by atoms with Crippen LogP contribution in [0.1, 0.15) is 10.4 Å². The molecule has 0 bridgehead atoms. The SMILES string of the molecule is O=C(c1c(F)cccc1Cl)N1CCN(c2ccc(F)c(F)c2)CC1. The molecule has 3 rings (SSSR count). The van der Waals surface area contributed by atoms with Gasteiger partial charge in [-0.05, 0) is 24.3 Å². The molecule has 2 aromatic rings. The van der Waals surface area contributed by atoms with Crippen LogP contribution in [0.2, 0.25) is 5.02 Å². The van der Waals surface area contributed by atoms with Gasteiger partial charge in [0.25, 0.3) is 5.91 Å². The molecule has 0 saturated carbocycles. The Balaban J connectivity index is 1.70. The lowest BCUT2D eigenvalue weighted by atomic mass is 10.1. The Kier molecular flexibility index (Phi) is 4.66. The standard InChI is InChI=1S/C17H14ClF3N2O/c18-12-2-1-3-14(20)16(12)17(24)23-8-6-22(7-9-23)11-4-5-13(19)15(21)10-11/h1-5,10H,6-9H2. The molecule has 1 saturated heterocycles. The summed E-state index contributed by atoms with van der Waals surface area (Å²) in [5, 5.41) is 0.0723. The van der Waals surface area contributed by atoms with Crippen molar-refractivity contribution in [3.05, 3.63) is 64.4 Å². The maximum Gasteiger partial charge on any atom is 0.258 e. The maximum absolute atomic E-state index is 13.9. The average molecular weight is 355 g/mol. The molecule has 126 valence electrons. The first-order valence-corrected chi connectivity index (χ1v) is 7.78. The molecular weight excluding hydrogens is 341 g/mol. The van der Waals surface area contributed by atoms with Crippen molar-refractivity contribution in [2.24, 2.45) is 0 Å². The van der Waals surface area contributed by atoms with Crippen LogP contribution >= 0.6 is 11.6 Å². The molecular formula is C17H14ClF3N2O. The van der Waals surface area contributed by atoms with Crippen LogP contribution in [-0.4, -0.2) is 37.0 Å². The molecule has 0 N–H and O–H groups in total. The molecule has 0 atom stereocenters. The lowest BCUT2D eigenvalue weighted by Gasteiger charge is -2.36. The van der Waals surface area contributed by atoms with Crippen molar-refractivity contribution >= 4 is 23.2 Å². The van der Waals surface area contributed by atoms with Crippen LogP contribution in [0.3, 0.4) is 0 Å². The highest BCUT2D eigenvalue weighted by atomic mass is 35.5. The summed E-state index contributed by atoms with van der Waals surface area (Å²) >= 11 is 5.93. The van der Waals surface area contributed by atoms with Gasteiger partial charge in [0.1, 0.15) is 5.82 Å². The number of hydrogen-bond donors (Lipinski definition) is 0. The van der Waals surface area contributed by atoms with Crippen molar-refractivity contribution in [3.8, 4) is 0 Å². The van der Waals surface area contributed by atoms with Crippen molar-refractivity contribution in [2.75, 3.05) is 31.1 Å². The fraction of sp³-hybridized carbons (Fsp3) is 0.235. The number of anilines is 1. The molecule has 0 unspecified atom stereocenters. The van der Waals surface area contributed by atoms with Gasteiger partial charge in [-0.15, -0.1) is 0 Å². The first-order valence-electron chi connectivity index (χ1n) is 7.40. The molecule has 0 radical (unpaired) electrons. The highest BCUT2D eigenvalue weighted by molar-refractivity contribution is 6.33. The summed E-state index contributed by atoms with van der Waals surface area (Å²) in [4.78, 5) is 15.8. The molecule has 0 aromatic heterocycles. The van der Waals surface area contributed by atoms with Crippen LogP contribution in [0, 0.1) is 17.5 Å². The fourth-order valence-corrected chi connectivity index (χ4v) is 2.95. The van der Waals surface area contributed by atoms with Crippen LogP contribution < -0.4 is 4.90 Å². The van der Waals surface area contributed by atoms with E-state index >= 15 is 0 Å². The van der Waals surface area contributed by atoms with Crippen molar-refractivity contribution < 1.29 is 18.0 Å². The predicted octanol–water partition coefficient (Wildman–Crippen LogP) is 3.72. The van der Waals surface area contributed by atoms with Crippen molar-refractivity contribution in [3.63, 3.8) is 0 Å². The topological polar surface area (TPSA) is 23.6 Å². The van der Waals surface area contributed by atoms with Gasteiger partial charge in [-0.3, -0.25) is 4.79 Å². The molecule has 3 nitrogen and oxygen atoms in total. The minimum Gasteiger partial charge on any atom is -0.368 e. The smallest absolute Gasteiger partial charge is 0.258 e. The van der Waals surface area contributed by atoms with Crippen molar-refractivity contribution in [1.29, 1.82) is 0 Å². The summed E-state index contributed by atoms with van der Waals surface area (Å²) in [5.74, 6) is -2.94. The largest absolute Gasteiger partial charge is 0.368 e. The Bertz CT molecular complexity index is 756. The van der Waals surface area contributed by atoms with Gasteiger partial charge in [0.05, 0.1) is 10.6 Å². The fourth-order valence-electron chi connectivity index (χ4n) is 2.71. The number of carbonyl (C=O) groups is 1. The maximum atomic E-state index is 13.9. The summed E-state index contributed by atoms with van der Waals surface area (Å²) in [6.07, 6.45) is 0. The Morgan fingerprint density at radius 3 is 2.25 bits per heavy atom. The Hall–Kier alpha value is -2.21. The van der Waals surface area contributed by atoms with Crippen molar-refractivity contribution in [1.82, 2.24) is 4.90 Å². The highest BCUT2D eigenvalue weighted by Crippen LogP contribution is 2.23. The second-order valence-electron chi connectivity index (χ2n) is 5.47. The van der Waals surface area contributed by atoms with Gasteiger partial charge < -0.3 is 9.80 Å². The lowest BCUT2D eigenvalue weighted by Crippen LogP contribution is -2.49. The summed E-state index contributed by atoms with van der Waals surface area (Å²) in [6.45, 7) is 1.54. The molecule has 1 heterocycles. The minimum atomic E-state index is -0.913. The average Bonchev–Trinajstić information content (AvgIpc) is 2.57. The molecule has 0 spiro atoms. The number of piperazine rings is 1. The Morgan fingerprint density at radius 2 is 1.62 bits per heavy atom. The van der Waals surface area contributed by atoms with E-state index in [4.69, 9.17) is 11.6 Å². The van der Waals surface area contributed by atoms with Gasteiger partial charge in [0.15, 0.2) is 11.6 Å². The quantitative estimate of drug-likeness (QED) is 0.820. The molecule has 1 aliphatic heterocycles. The predicted molar refractivity (Wildman–Crippen MR) is 85.9 cm³/mol. The molecule has 0 aliphatic carbocycles. The lowest BCUT2D eigenvalue weighted by molar-refractivity contribution is 0.0742. The number of rotatable bonds is 2. The zero-order chi connectivity index (χ0) is 17.3. The van der Waals surface area contributed by atoms with E-state index in [0.717, 1.165) is 12.1 Å². The molecule has 1 aliphatic rings.